The molecule has 1 unspecified atom stereocenters. The van der Waals surface area contributed by atoms with E-state index >= 15 is 0 Å². The van der Waals surface area contributed by atoms with Crippen molar-refractivity contribution in [2.45, 2.75) is 12.3 Å². The van der Waals surface area contributed by atoms with Gasteiger partial charge >= 0.3 is 0 Å². The molecule has 0 amide bonds. The quantitative estimate of drug-likeness (QED) is 0.882. The average molecular weight is 277 g/mol. The van der Waals surface area contributed by atoms with E-state index in [1.165, 1.54) is 10.4 Å². The Labute approximate surface area is 118 Å². The smallest absolute Gasteiger partial charge is 0.160 e. The SMILES string of the molecule is COc1ccc(CC(CN)c2cccs2)cc1OC. The third-order valence-corrected chi connectivity index (χ3v) is 4.19. The van der Waals surface area contributed by atoms with E-state index in [0.717, 1.165) is 17.9 Å². The summed E-state index contributed by atoms with van der Waals surface area (Å²) in [6.45, 7) is 0.648. The fourth-order valence-electron chi connectivity index (χ4n) is 2.12. The summed E-state index contributed by atoms with van der Waals surface area (Å²) >= 11 is 1.76. The summed E-state index contributed by atoms with van der Waals surface area (Å²) in [6.07, 6.45) is 0.914. The van der Waals surface area contributed by atoms with Gasteiger partial charge in [-0.1, -0.05) is 12.1 Å². The van der Waals surface area contributed by atoms with E-state index in [-0.39, 0.29) is 0 Å². The standard InChI is InChI=1S/C15H19NO2S/c1-17-13-6-5-11(9-14(13)18-2)8-12(10-16)15-4-3-7-19-15/h3-7,9,12H,8,10,16H2,1-2H3. The van der Waals surface area contributed by atoms with Crippen LogP contribution in [-0.2, 0) is 6.42 Å². The Kier molecular flexibility index (Phi) is 4.82. The third-order valence-electron chi connectivity index (χ3n) is 3.16. The number of thiophene rings is 1. The molecular weight excluding hydrogens is 258 g/mol. The lowest BCUT2D eigenvalue weighted by molar-refractivity contribution is 0.354. The summed E-state index contributed by atoms with van der Waals surface area (Å²) in [6, 6.07) is 10.2. The average Bonchev–Trinajstić information content (AvgIpc) is 2.98. The molecule has 0 aliphatic carbocycles. The third kappa shape index (κ3) is 3.28. The van der Waals surface area contributed by atoms with Crippen LogP contribution in [0.15, 0.2) is 35.7 Å². The number of hydrogen-bond acceptors (Lipinski definition) is 4. The summed E-state index contributed by atoms with van der Waals surface area (Å²) in [4.78, 5) is 1.33. The van der Waals surface area contributed by atoms with E-state index in [4.69, 9.17) is 15.2 Å². The molecule has 1 heterocycles. The zero-order valence-corrected chi connectivity index (χ0v) is 12.1. The number of benzene rings is 1. The van der Waals surface area contributed by atoms with Crippen LogP contribution >= 0.6 is 11.3 Å². The molecule has 1 aromatic heterocycles. The van der Waals surface area contributed by atoms with Crippen LogP contribution in [0.4, 0.5) is 0 Å². The van der Waals surface area contributed by atoms with Crippen LogP contribution in [-0.4, -0.2) is 20.8 Å². The first-order valence-corrected chi connectivity index (χ1v) is 7.10. The van der Waals surface area contributed by atoms with Gasteiger partial charge in [0.15, 0.2) is 11.5 Å². The van der Waals surface area contributed by atoms with Crippen molar-refractivity contribution >= 4 is 11.3 Å². The van der Waals surface area contributed by atoms with Crippen LogP contribution in [0, 0.1) is 0 Å². The highest BCUT2D eigenvalue weighted by Crippen LogP contribution is 2.30. The molecule has 1 aromatic carbocycles. The van der Waals surface area contributed by atoms with E-state index in [1.54, 1.807) is 25.6 Å². The Morgan fingerprint density at radius 1 is 1.16 bits per heavy atom. The predicted octanol–water partition coefficient (Wildman–Crippen LogP) is 3.05. The fraction of sp³-hybridized carbons (Fsp3) is 0.333. The monoisotopic (exact) mass is 277 g/mol. The van der Waals surface area contributed by atoms with Crippen LogP contribution in [0.3, 0.4) is 0 Å². The number of ether oxygens (including phenoxy) is 2. The molecule has 0 saturated heterocycles. The maximum Gasteiger partial charge on any atom is 0.160 e. The van der Waals surface area contributed by atoms with E-state index in [2.05, 4.69) is 23.6 Å². The van der Waals surface area contributed by atoms with Gasteiger partial charge < -0.3 is 15.2 Å². The maximum atomic E-state index is 5.89. The molecule has 2 N–H and O–H groups in total. The molecule has 4 heteroatoms. The van der Waals surface area contributed by atoms with Crippen molar-refractivity contribution in [1.29, 1.82) is 0 Å². The lowest BCUT2D eigenvalue weighted by Gasteiger charge is -2.15. The highest BCUT2D eigenvalue weighted by atomic mass is 32.1. The maximum absolute atomic E-state index is 5.89. The minimum atomic E-state index is 0.359. The molecule has 0 fully saturated rings. The molecule has 0 radical (unpaired) electrons. The van der Waals surface area contributed by atoms with Crippen LogP contribution < -0.4 is 15.2 Å². The van der Waals surface area contributed by atoms with Crippen molar-refractivity contribution in [2.24, 2.45) is 5.73 Å². The van der Waals surface area contributed by atoms with Gasteiger partial charge in [0, 0.05) is 17.3 Å². The molecule has 0 spiro atoms. The van der Waals surface area contributed by atoms with Gasteiger partial charge in [-0.3, -0.25) is 0 Å². The molecule has 2 rings (SSSR count). The Bertz CT molecular complexity index is 511. The van der Waals surface area contributed by atoms with Gasteiger partial charge in [-0.2, -0.15) is 0 Å². The molecule has 0 aliphatic rings. The van der Waals surface area contributed by atoms with Gasteiger partial charge in [-0.25, -0.2) is 0 Å². The van der Waals surface area contributed by atoms with Gasteiger partial charge in [0.25, 0.3) is 0 Å². The van der Waals surface area contributed by atoms with Gasteiger partial charge in [-0.05, 0) is 35.6 Å². The number of hydrogen-bond donors (Lipinski definition) is 1. The second-order valence-electron chi connectivity index (χ2n) is 4.34. The van der Waals surface area contributed by atoms with Crippen molar-refractivity contribution in [3.05, 3.63) is 46.2 Å². The molecule has 1 atom stereocenters. The zero-order valence-electron chi connectivity index (χ0n) is 11.3. The van der Waals surface area contributed by atoms with Crippen molar-refractivity contribution in [2.75, 3.05) is 20.8 Å². The summed E-state index contributed by atoms with van der Waals surface area (Å²) in [5.74, 6) is 1.88. The highest BCUT2D eigenvalue weighted by Gasteiger charge is 2.13. The first kappa shape index (κ1) is 13.9. The summed E-state index contributed by atoms with van der Waals surface area (Å²) in [5, 5.41) is 2.09. The molecule has 0 aliphatic heterocycles. The fourth-order valence-corrected chi connectivity index (χ4v) is 2.96. The molecule has 19 heavy (non-hydrogen) atoms. The molecule has 2 aromatic rings. The molecule has 3 nitrogen and oxygen atoms in total. The van der Waals surface area contributed by atoms with Crippen molar-refractivity contribution in [3.63, 3.8) is 0 Å². The van der Waals surface area contributed by atoms with Crippen LogP contribution in [0.25, 0.3) is 0 Å². The van der Waals surface area contributed by atoms with Crippen LogP contribution in [0.5, 0.6) is 11.5 Å². The minimum absolute atomic E-state index is 0.359. The molecule has 102 valence electrons. The Hall–Kier alpha value is -1.52. The summed E-state index contributed by atoms with van der Waals surface area (Å²) in [7, 11) is 3.30. The Morgan fingerprint density at radius 2 is 1.95 bits per heavy atom. The van der Waals surface area contributed by atoms with Gasteiger partial charge in [0.05, 0.1) is 14.2 Å². The Balaban J connectivity index is 2.18. The minimum Gasteiger partial charge on any atom is -0.493 e. The van der Waals surface area contributed by atoms with Crippen molar-refractivity contribution in [1.82, 2.24) is 0 Å². The predicted molar refractivity (Wildman–Crippen MR) is 79.4 cm³/mol. The van der Waals surface area contributed by atoms with Gasteiger partial charge in [0.1, 0.15) is 0 Å². The van der Waals surface area contributed by atoms with E-state index in [9.17, 15) is 0 Å². The first-order valence-electron chi connectivity index (χ1n) is 6.22. The summed E-state index contributed by atoms with van der Waals surface area (Å²) < 4.78 is 10.6. The van der Waals surface area contributed by atoms with Crippen molar-refractivity contribution < 1.29 is 9.47 Å². The van der Waals surface area contributed by atoms with Crippen LogP contribution in [0.2, 0.25) is 0 Å². The summed E-state index contributed by atoms with van der Waals surface area (Å²) in [5.41, 5.74) is 7.10. The van der Waals surface area contributed by atoms with Crippen molar-refractivity contribution in [3.8, 4) is 11.5 Å². The molecule has 0 saturated carbocycles. The van der Waals surface area contributed by atoms with E-state index in [1.807, 2.05) is 12.1 Å². The highest BCUT2D eigenvalue weighted by molar-refractivity contribution is 7.10. The zero-order chi connectivity index (χ0) is 13.7. The number of rotatable bonds is 6. The second-order valence-corrected chi connectivity index (χ2v) is 5.32. The Morgan fingerprint density at radius 3 is 2.53 bits per heavy atom. The van der Waals surface area contributed by atoms with E-state index in [0.29, 0.717) is 12.5 Å². The van der Waals surface area contributed by atoms with Gasteiger partial charge in [-0.15, -0.1) is 11.3 Å². The topological polar surface area (TPSA) is 44.5 Å². The number of methoxy groups -OCH3 is 2. The lowest BCUT2D eigenvalue weighted by Crippen LogP contribution is -2.14. The normalized spacial score (nSPS) is 12.2. The second kappa shape index (κ2) is 6.59. The first-order chi connectivity index (χ1) is 9.28. The lowest BCUT2D eigenvalue weighted by atomic mass is 9.97. The van der Waals surface area contributed by atoms with Gasteiger partial charge in [0.2, 0.25) is 0 Å². The van der Waals surface area contributed by atoms with Crippen LogP contribution in [0.1, 0.15) is 16.4 Å². The van der Waals surface area contributed by atoms with E-state index < -0.39 is 0 Å². The molecule has 0 bridgehead atoms. The molecular formula is C15H19NO2S. The largest absolute Gasteiger partial charge is 0.493 e. The number of nitrogens with two attached hydrogens (primary N) is 1.